The topological polar surface area (TPSA) is 37.0 Å². The van der Waals surface area contributed by atoms with E-state index in [2.05, 4.69) is 29.5 Å². The number of nitrogens with zero attached hydrogens (tertiary/aromatic N) is 1. The Morgan fingerprint density at radius 3 is 2.80 bits per heavy atom. The first-order valence-corrected chi connectivity index (χ1v) is 5.63. The molecule has 15 heavy (non-hydrogen) atoms. The minimum atomic E-state index is 0.595. The predicted octanol–water partition coefficient (Wildman–Crippen LogP) is 2.19. The van der Waals surface area contributed by atoms with Gasteiger partial charge in [-0.2, -0.15) is 0 Å². The minimum Gasteiger partial charge on any atom is -0.369 e. The molecule has 3 heteroatoms. The maximum atomic E-state index is 4.37. The first kappa shape index (κ1) is 12.0. The van der Waals surface area contributed by atoms with Gasteiger partial charge < -0.3 is 10.6 Å². The van der Waals surface area contributed by atoms with Crippen molar-refractivity contribution < 1.29 is 0 Å². The molecule has 0 bridgehead atoms. The second kappa shape index (κ2) is 6.40. The summed E-state index contributed by atoms with van der Waals surface area (Å²) in [5.74, 6) is 0.959. The SMILES string of the molecule is CCC(C)NCCNc1cccc(C)n1. The Hall–Kier alpha value is -1.09. The third kappa shape index (κ3) is 4.79. The summed E-state index contributed by atoms with van der Waals surface area (Å²) in [6.07, 6.45) is 1.17. The van der Waals surface area contributed by atoms with Crippen LogP contribution in [0.1, 0.15) is 26.0 Å². The molecule has 0 aliphatic heterocycles. The van der Waals surface area contributed by atoms with Gasteiger partial charge in [0, 0.05) is 24.8 Å². The van der Waals surface area contributed by atoms with Crippen molar-refractivity contribution >= 4 is 5.82 Å². The molecule has 0 fully saturated rings. The van der Waals surface area contributed by atoms with Crippen LogP contribution in [-0.4, -0.2) is 24.1 Å². The fourth-order valence-corrected chi connectivity index (χ4v) is 1.29. The maximum absolute atomic E-state index is 4.37. The van der Waals surface area contributed by atoms with E-state index in [4.69, 9.17) is 0 Å². The molecule has 0 saturated carbocycles. The molecule has 0 amide bonds. The van der Waals surface area contributed by atoms with Crippen molar-refractivity contribution in [3.8, 4) is 0 Å². The van der Waals surface area contributed by atoms with Crippen LogP contribution in [0.15, 0.2) is 18.2 Å². The van der Waals surface area contributed by atoms with Crippen LogP contribution in [0.25, 0.3) is 0 Å². The molecule has 0 spiro atoms. The lowest BCUT2D eigenvalue weighted by Crippen LogP contribution is -2.30. The van der Waals surface area contributed by atoms with E-state index in [-0.39, 0.29) is 0 Å². The first-order valence-electron chi connectivity index (χ1n) is 5.63. The van der Waals surface area contributed by atoms with E-state index in [0.29, 0.717) is 6.04 Å². The molecule has 0 aliphatic carbocycles. The van der Waals surface area contributed by atoms with Gasteiger partial charge in [0.2, 0.25) is 0 Å². The summed E-state index contributed by atoms with van der Waals surface area (Å²) < 4.78 is 0. The molecule has 3 nitrogen and oxygen atoms in total. The lowest BCUT2D eigenvalue weighted by atomic mass is 10.2. The van der Waals surface area contributed by atoms with Gasteiger partial charge in [0.05, 0.1) is 0 Å². The van der Waals surface area contributed by atoms with Gasteiger partial charge in [-0.15, -0.1) is 0 Å². The molecule has 1 aromatic heterocycles. The number of aromatic nitrogens is 1. The molecular formula is C12H21N3. The van der Waals surface area contributed by atoms with E-state index in [0.717, 1.165) is 24.6 Å². The average Bonchev–Trinajstić information content (AvgIpc) is 2.24. The van der Waals surface area contributed by atoms with Gasteiger partial charge in [-0.25, -0.2) is 4.98 Å². The zero-order chi connectivity index (χ0) is 11.1. The van der Waals surface area contributed by atoms with Gasteiger partial charge >= 0.3 is 0 Å². The summed E-state index contributed by atoms with van der Waals surface area (Å²) >= 11 is 0. The van der Waals surface area contributed by atoms with Crippen LogP contribution in [-0.2, 0) is 0 Å². The lowest BCUT2D eigenvalue weighted by molar-refractivity contribution is 0.546. The Balaban J connectivity index is 2.20. The average molecular weight is 207 g/mol. The highest BCUT2D eigenvalue weighted by Gasteiger charge is 1.96. The standard InChI is InChI=1S/C12H21N3/c1-4-10(2)13-8-9-14-12-7-5-6-11(3)15-12/h5-7,10,13H,4,8-9H2,1-3H3,(H,14,15). The number of rotatable bonds is 6. The van der Waals surface area contributed by atoms with Crippen molar-refractivity contribution in [2.45, 2.75) is 33.2 Å². The number of aryl methyl sites for hydroxylation is 1. The van der Waals surface area contributed by atoms with Gasteiger partial charge in [0.15, 0.2) is 0 Å². The number of nitrogens with one attached hydrogen (secondary N) is 2. The maximum Gasteiger partial charge on any atom is 0.126 e. The highest BCUT2D eigenvalue weighted by atomic mass is 15.0. The van der Waals surface area contributed by atoms with Gasteiger partial charge in [-0.05, 0) is 32.4 Å². The quantitative estimate of drug-likeness (QED) is 0.702. The van der Waals surface area contributed by atoms with Gasteiger partial charge in [0.25, 0.3) is 0 Å². The van der Waals surface area contributed by atoms with Gasteiger partial charge in [-0.3, -0.25) is 0 Å². The van der Waals surface area contributed by atoms with Crippen LogP contribution < -0.4 is 10.6 Å². The summed E-state index contributed by atoms with van der Waals surface area (Å²) in [6.45, 7) is 8.28. The van der Waals surface area contributed by atoms with E-state index in [1.165, 1.54) is 6.42 Å². The molecule has 1 rings (SSSR count). The van der Waals surface area contributed by atoms with E-state index in [1.807, 2.05) is 25.1 Å². The van der Waals surface area contributed by atoms with Crippen molar-refractivity contribution in [2.75, 3.05) is 18.4 Å². The second-order valence-electron chi connectivity index (χ2n) is 3.85. The summed E-state index contributed by atoms with van der Waals surface area (Å²) in [7, 11) is 0. The third-order valence-corrected chi connectivity index (χ3v) is 2.42. The first-order chi connectivity index (χ1) is 7.22. The fourth-order valence-electron chi connectivity index (χ4n) is 1.29. The molecule has 0 saturated heterocycles. The minimum absolute atomic E-state index is 0.595. The normalized spacial score (nSPS) is 12.5. The third-order valence-electron chi connectivity index (χ3n) is 2.42. The zero-order valence-electron chi connectivity index (χ0n) is 9.88. The molecule has 1 aromatic rings. The Bertz CT molecular complexity index is 286. The molecule has 84 valence electrons. The molecular weight excluding hydrogens is 186 g/mol. The molecule has 2 N–H and O–H groups in total. The van der Waals surface area contributed by atoms with Crippen LogP contribution in [0.3, 0.4) is 0 Å². The van der Waals surface area contributed by atoms with E-state index >= 15 is 0 Å². The van der Waals surface area contributed by atoms with E-state index < -0.39 is 0 Å². The Morgan fingerprint density at radius 1 is 1.33 bits per heavy atom. The van der Waals surface area contributed by atoms with Gasteiger partial charge in [0.1, 0.15) is 5.82 Å². The summed E-state index contributed by atoms with van der Waals surface area (Å²) in [6, 6.07) is 6.61. The summed E-state index contributed by atoms with van der Waals surface area (Å²) in [5.41, 5.74) is 1.05. The summed E-state index contributed by atoms with van der Waals surface area (Å²) in [4.78, 5) is 4.37. The van der Waals surface area contributed by atoms with Crippen molar-refractivity contribution in [3.05, 3.63) is 23.9 Å². The number of hydrogen-bond donors (Lipinski definition) is 2. The van der Waals surface area contributed by atoms with E-state index in [9.17, 15) is 0 Å². The van der Waals surface area contributed by atoms with E-state index in [1.54, 1.807) is 0 Å². The molecule has 1 heterocycles. The van der Waals surface area contributed by atoms with Crippen molar-refractivity contribution in [1.82, 2.24) is 10.3 Å². The van der Waals surface area contributed by atoms with Gasteiger partial charge in [-0.1, -0.05) is 13.0 Å². The van der Waals surface area contributed by atoms with Crippen molar-refractivity contribution in [1.29, 1.82) is 0 Å². The second-order valence-corrected chi connectivity index (χ2v) is 3.85. The summed E-state index contributed by atoms with van der Waals surface area (Å²) in [5, 5.41) is 6.72. The van der Waals surface area contributed by atoms with Crippen molar-refractivity contribution in [3.63, 3.8) is 0 Å². The number of anilines is 1. The Kier molecular flexibility index (Phi) is 5.12. The zero-order valence-corrected chi connectivity index (χ0v) is 9.88. The largest absolute Gasteiger partial charge is 0.369 e. The van der Waals surface area contributed by atoms with Crippen LogP contribution >= 0.6 is 0 Å². The number of hydrogen-bond acceptors (Lipinski definition) is 3. The predicted molar refractivity (Wildman–Crippen MR) is 65.2 cm³/mol. The smallest absolute Gasteiger partial charge is 0.126 e. The molecule has 0 radical (unpaired) electrons. The molecule has 0 aliphatic rings. The lowest BCUT2D eigenvalue weighted by Gasteiger charge is -2.11. The van der Waals surface area contributed by atoms with Crippen LogP contribution in [0.2, 0.25) is 0 Å². The Morgan fingerprint density at radius 2 is 2.13 bits per heavy atom. The molecule has 1 atom stereocenters. The highest BCUT2D eigenvalue weighted by Crippen LogP contribution is 2.02. The van der Waals surface area contributed by atoms with Crippen LogP contribution in [0.5, 0.6) is 0 Å². The van der Waals surface area contributed by atoms with Crippen LogP contribution in [0, 0.1) is 6.92 Å². The monoisotopic (exact) mass is 207 g/mol. The number of pyridine rings is 1. The highest BCUT2D eigenvalue weighted by molar-refractivity contribution is 5.34. The Labute approximate surface area is 92.3 Å². The van der Waals surface area contributed by atoms with Crippen molar-refractivity contribution in [2.24, 2.45) is 0 Å². The fraction of sp³-hybridized carbons (Fsp3) is 0.583. The molecule has 1 unspecified atom stereocenters. The molecule has 0 aromatic carbocycles. The van der Waals surface area contributed by atoms with Crippen LogP contribution in [0.4, 0.5) is 5.82 Å².